The molecule has 0 unspecified atom stereocenters. The SMILES string of the molecule is CNC(=C[N+](=O)[O-])NCCSCc1nnc(N)s1. The van der Waals surface area contributed by atoms with Crippen molar-refractivity contribution < 1.29 is 4.92 Å². The molecule has 0 spiro atoms. The Labute approximate surface area is 112 Å². The maximum absolute atomic E-state index is 10.3. The minimum absolute atomic E-state index is 0.390. The highest BCUT2D eigenvalue weighted by molar-refractivity contribution is 7.98. The molecule has 10 heteroatoms. The van der Waals surface area contributed by atoms with Gasteiger partial charge in [0.15, 0.2) is 5.82 Å². The highest BCUT2D eigenvalue weighted by Crippen LogP contribution is 2.17. The van der Waals surface area contributed by atoms with E-state index in [-0.39, 0.29) is 0 Å². The van der Waals surface area contributed by atoms with Crippen molar-refractivity contribution in [3.63, 3.8) is 0 Å². The number of nitrogens with zero attached hydrogens (tertiary/aromatic N) is 3. The number of hydrogen-bond acceptors (Lipinski definition) is 9. The van der Waals surface area contributed by atoms with Crippen molar-refractivity contribution in [1.29, 1.82) is 0 Å². The van der Waals surface area contributed by atoms with Gasteiger partial charge in [0, 0.05) is 25.1 Å². The lowest BCUT2D eigenvalue weighted by Crippen LogP contribution is -2.26. The minimum atomic E-state index is -0.504. The van der Waals surface area contributed by atoms with Crippen LogP contribution in [0.3, 0.4) is 0 Å². The summed E-state index contributed by atoms with van der Waals surface area (Å²) >= 11 is 3.02. The van der Waals surface area contributed by atoms with Gasteiger partial charge in [-0.1, -0.05) is 11.3 Å². The minimum Gasteiger partial charge on any atom is -0.374 e. The fourth-order valence-electron chi connectivity index (χ4n) is 1.05. The second kappa shape index (κ2) is 7.71. The van der Waals surface area contributed by atoms with Gasteiger partial charge < -0.3 is 16.4 Å². The van der Waals surface area contributed by atoms with Crippen LogP contribution in [0.25, 0.3) is 0 Å². The normalized spacial score (nSPS) is 11.3. The first kappa shape index (κ1) is 14.5. The maximum atomic E-state index is 10.3. The first-order valence-corrected chi connectivity index (χ1v) is 7.01. The van der Waals surface area contributed by atoms with E-state index in [1.165, 1.54) is 11.3 Å². The van der Waals surface area contributed by atoms with Crippen LogP contribution in [0.4, 0.5) is 5.13 Å². The van der Waals surface area contributed by atoms with E-state index in [4.69, 9.17) is 5.73 Å². The average Bonchev–Trinajstić information content (AvgIpc) is 2.72. The molecule has 0 atom stereocenters. The van der Waals surface area contributed by atoms with Crippen LogP contribution in [0.2, 0.25) is 0 Å². The zero-order chi connectivity index (χ0) is 13.4. The molecule has 18 heavy (non-hydrogen) atoms. The van der Waals surface area contributed by atoms with E-state index in [2.05, 4.69) is 20.8 Å². The number of hydrogen-bond donors (Lipinski definition) is 3. The number of nitrogens with two attached hydrogens (primary N) is 1. The van der Waals surface area contributed by atoms with E-state index in [0.29, 0.717) is 17.5 Å². The molecular weight excluding hydrogens is 276 g/mol. The molecule has 0 radical (unpaired) electrons. The highest BCUT2D eigenvalue weighted by atomic mass is 32.2. The van der Waals surface area contributed by atoms with Gasteiger partial charge in [0.05, 0.1) is 4.92 Å². The van der Waals surface area contributed by atoms with E-state index < -0.39 is 4.92 Å². The van der Waals surface area contributed by atoms with Crippen LogP contribution in [0, 0.1) is 10.1 Å². The molecule has 1 heterocycles. The summed E-state index contributed by atoms with van der Waals surface area (Å²) in [7, 11) is 1.62. The van der Waals surface area contributed by atoms with Crippen molar-refractivity contribution in [2.24, 2.45) is 0 Å². The molecule has 0 saturated carbocycles. The number of nitrogens with one attached hydrogen (secondary N) is 2. The average molecular weight is 290 g/mol. The molecule has 0 fully saturated rings. The van der Waals surface area contributed by atoms with E-state index in [0.717, 1.165) is 22.7 Å². The van der Waals surface area contributed by atoms with Crippen LogP contribution in [-0.4, -0.2) is 34.5 Å². The third-order valence-corrected chi connectivity index (χ3v) is 3.68. The standard InChI is InChI=1S/C8H14N6O2S2/c1-10-6(4-14(15)16)11-2-3-17-5-7-12-13-8(9)18-7/h4,10-11H,2-3,5H2,1H3,(H2,9,13). The van der Waals surface area contributed by atoms with Gasteiger partial charge in [0.1, 0.15) is 5.01 Å². The summed E-state index contributed by atoms with van der Waals surface area (Å²) in [5.74, 6) is 1.93. The van der Waals surface area contributed by atoms with Gasteiger partial charge in [-0.15, -0.1) is 10.2 Å². The highest BCUT2D eigenvalue weighted by Gasteiger charge is 2.02. The van der Waals surface area contributed by atoms with Crippen molar-refractivity contribution in [3.8, 4) is 0 Å². The van der Waals surface area contributed by atoms with Crippen molar-refractivity contribution in [2.45, 2.75) is 5.75 Å². The van der Waals surface area contributed by atoms with Crippen molar-refractivity contribution in [2.75, 3.05) is 25.1 Å². The molecule has 0 bridgehead atoms. The quantitative estimate of drug-likeness (QED) is 0.354. The van der Waals surface area contributed by atoms with Gasteiger partial charge in [-0.3, -0.25) is 10.1 Å². The lowest BCUT2D eigenvalue weighted by Gasteiger charge is -2.06. The van der Waals surface area contributed by atoms with E-state index in [9.17, 15) is 10.1 Å². The van der Waals surface area contributed by atoms with Crippen LogP contribution in [0.1, 0.15) is 5.01 Å². The Morgan fingerprint density at radius 1 is 1.67 bits per heavy atom. The first-order valence-electron chi connectivity index (χ1n) is 5.04. The zero-order valence-corrected chi connectivity index (χ0v) is 11.4. The van der Waals surface area contributed by atoms with Gasteiger partial charge in [-0.05, 0) is 0 Å². The van der Waals surface area contributed by atoms with Gasteiger partial charge in [0.25, 0.3) is 6.20 Å². The largest absolute Gasteiger partial charge is 0.374 e. The van der Waals surface area contributed by atoms with Crippen molar-refractivity contribution >= 4 is 28.2 Å². The summed E-state index contributed by atoms with van der Waals surface area (Å²) in [6.45, 7) is 0.624. The number of aromatic nitrogens is 2. The third-order valence-electron chi connectivity index (χ3n) is 1.77. The summed E-state index contributed by atoms with van der Waals surface area (Å²) < 4.78 is 0. The molecular formula is C8H14N6O2S2. The van der Waals surface area contributed by atoms with Crippen molar-refractivity contribution in [1.82, 2.24) is 20.8 Å². The lowest BCUT2D eigenvalue weighted by molar-refractivity contribution is -0.404. The fourth-order valence-corrected chi connectivity index (χ4v) is 2.56. The first-order chi connectivity index (χ1) is 8.61. The van der Waals surface area contributed by atoms with Crippen LogP contribution in [-0.2, 0) is 5.75 Å². The number of nitrogen functional groups attached to an aromatic ring is 1. The predicted molar refractivity (Wildman–Crippen MR) is 72.6 cm³/mol. The van der Waals surface area contributed by atoms with Crippen LogP contribution in [0.5, 0.6) is 0 Å². The molecule has 0 saturated heterocycles. The molecule has 4 N–H and O–H groups in total. The molecule has 1 rings (SSSR count). The van der Waals surface area contributed by atoms with Crippen LogP contribution < -0.4 is 16.4 Å². The second-order valence-corrected chi connectivity index (χ2v) is 5.29. The smallest absolute Gasteiger partial charge is 0.274 e. The van der Waals surface area contributed by atoms with Gasteiger partial charge in [0.2, 0.25) is 5.13 Å². The number of anilines is 1. The van der Waals surface area contributed by atoms with E-state index in [1.807, 2.05) is 0 Å². The van der Waals surface area contributed by atoms with E-state index in [1.54, 1.807) is 18.8 Å². The molecule has 100 valence electrons. The predicted octanol–water partition coefficient (Wildman–Crippen LogP) is 0.238. The second-order valence-electron chi connectivity index (χ2n) is 3.09. The Morgan fingerprint density at radius 3 is 3.00 bits per heavy atom. The monoisotopic (exact) mass is 290 g/mol. The van der Waals surface area contributed by atoms with E-state index >= 15 is 0 Å². The summed E-state index contributed by atoms with van der Waals surface area (Å²) in [6.07, 6.45) is 0.899. The summed E-state index contributed by atoms with van der Waals surface area (Å²) in [5, 5.41) is 24.8. The van der Waals surface area contributed by atoms with Crippen molar-refractivity contribution in [3.05, 3.63) is 27.1 Å². The molecule has 1 aromatic heterocycles. The van der Waals surface area contributed by atoms with Crippen LogP contribution in [0.15, 0.2) is 12.0 Å². The van der Waals surface area contributed by atoms with Gasteiger partial charge in [-0.2, -0.15) is 11.8 Å². The Kier molecular flexibility index (Phi) is 6.22. The Balaban J connectivity index is 2.16. The topological polar surface area (TPSA) is 119 Å². The number of nitro groups is 1. The summed E-state index contributed by atoms with van der Waals surface area (Å²) in [6, 6.07) is 0. The molecule has 0 aromatic carbocycles. The Hall–Kier alpha value is -1.55. The molecule has 8 nitrogen and oxygen atoms in total. The summed E-state index contributed by atoms with van der Waals surface area (Å²) in [5.41, 5.74) is 5.46. The Morgan fingerprint density at radius 2 is 2.44 bits per heavy atom. The summed E-state index contributed by atoms with van der Waals surface area (Å²) in [4.78, 5) is 9.76. The molecule has 0 amide bonds. The third kappa shape index (κ3) is 5.68. The lowest BCUT2D eigenvalue weighted by atomic mass is 10.6. The fraction of sp³-hybridized carbons (Fsp3) is 0.500. The molecule has 0 aliphatic rings. The molecule has 0 aliphatic carbocycles. The van der Waals surface area contributed by atoms with Gasteiger partial charge >= 0.3 is 0 Å². The van der Waals surface area contributed by atoms with Crippen LogP contribution >= 0.6 is 23.1 Å². The van der Waals surface area contributed by atoms with Gasteiger partial charge in [-0.25, -0.2) is 0 Å². The molecule has 1 aromatic rings. The molecule has 0 aliphatic heterocycles. The maximum Gasteiger partial charge on any atom is 0.274 e. The zero-order valence-electron chi connectivity index (χ0n) is 9.75. The Bertz CT molecular complexity index is 421. The number of rotatable bonds is 8. The number of thioether (sulfide) groups is 1.